The summed E-state index contributed by atoms with van der Waals surface area (Å²) in [6, 6.07) is 14.1. The molecule has 1 aliphatic heterocycles. The summed E-state index contributed by atoms with van der Waals surface area (Å²) < 4.78 is 0. The number of rotatable bonds is 2. The van der Waals surface area contributed by atoms with E-state index in [1.165, 1.54) is 17.3 Å². The van der Waals surface area contributed by atoms with Crippen LogP contribution >= 0.6 is 0 Å². The van der Waals surface area contributed by atoms with Crippen LogP contribution < -0.4 is 5.73 Å². The third-order valence-corrected chi connectivity index (χ3v) is 5.41. The van der Waals surface area contributed by atoms with E-state index in [1.54, 1.807) is 18.2 Å². The molecule has 1 fully saturated rings. The Kier molecular flexibility index (Phi) is 3.60. The summed E-state index contributed by atoms with van der Waals surface area (Å²) in [5, 5.41) is 7.33. The van der Waals surface area contributed by atoms with E-state index >= 15 is 0 Å². The number of carbonyl (C=O) groups is 1. The molecule has 1 saturated heterocycles. The maximum absolute atomic E-state index is 13.1. The Morgan fingerprint density at radius 2 is 2.08 bits per heavy atom. The minimum absolute atomic E-state index is 0.0562. The first-order valence-corrected chi connectivity index (χ1v) is 8.48. The van der Waals surface area contributed by atoms with Gasteiger partial charge in [0.25, 0.3) is 5.91 Å². The summed E-state index contributed by atoms with van der Waals surface area (Å²) in [7, 11) is 0. The fraction of sp³-hybridized carbons (Fsp3) is 0.300. The Hall–Kier alpha value is -2.62. The van der Waals surface area contributed by atoms with E-state index in [-0.39, 0.29) is 11.9 Å². The van der Waals surface area contributed by atoms with Crippen LogP contribution in [0, 0.1) is 5.41 Å². The van der Waals surface area contributed by atoms with Crippen LogP contribution in [-0.4, -0.2) is 29.6 Å². The monoisotopic (exact) mass is 319 g/mol. The molecule has 0 saturated carbocycles. The van der Waals surface area contributed by atoms with Crippen LogP contribution in [0.4, 0.5) is 5.69 Å². The maximum Gasteiger partial charge on any atom is 0.254 e. The van der Waals surface area contributed by atoms with Crippen LogP contribution in [0.2, 0.25) is 0 Å². The van der Waals surface area contributed by atoms with Gasteiger partial charge in [-0.25, -0.2) is 0 Å². The first kappa shape index (κ1) is 14.9. The quantitative estimate of drug-likeness (QED) is 0.659. The molecule has 2 atom stereocenters. The molecule has 0 bridgehead atoms. The topological polar surface area (TPSA) is 70.2 Å². The minimum Gasteiger partial charge on any atom is -0.398 e. The summed E-state index contributed by atoms with van der Waals surface area (Å²) in [5.74, 6) is 0.512. The van der Waals surface area contributed by atoms with Gasteiger partial charge in [0.05, 0.1) is 0 Å². The number of anilines is 1. The molecule has 4 nitrogen and oxygen atoms in total. The van der Waals surface area contributed by atoms with Crippen molar-refractivity contribution < 1.29 is 4.79 Å². The van der Waals surface area contributed by atoms with Crippen LogP contribution in [0.15, 0.2) is 42.5 Å². The van der Waals surface area contributed by atoms with Gasteiger partial charge in [-0.2, -0.15) is 0 Å². The smallest absolute Gasteiger partial charge is 0.254 e. The van der Waals surface area contributed by atoms with E-state index in [0.29, 0.717) is 22.7 Å². The first-order chi connectivity index (χ1) is 11.7. The van der Waals surface area contributed by atoms with E-state index in [4.69, 9.17) is 11.1 Å². The molecule has 0 spiro atoms. The predicted molar refractivity (Wildman–Crippen MR) is 95.7 cm³/mol. The zero-order valence-electron chi connectivity index (χ0n) is 13.5. The van der Waals surface area contributed by atoms with Gasteiger partial charge < -0.3 is 16.0 Å². The van der Waals surface area contributed by atoms with Gasteiger partial charge in [-0.15, -0.1) is 0 Å². The zero-order chi connectivity index (χ0) is 16.7. The van der Waals surface area contributed by atoms with Crippen molar-refractivity contribution in [2.75, 3.05) is 12.3 Å². The molecule has 0 unspecified atom stereocenters. The molecule has 4 rings (SSSR count). The van der Waals surface area contributed by atoms with Crippen molar-refractivity contribution in [3.63, 3.8) is 0 Å². The van der Waals surface area contributed by atoms with Gasteiger partial charge >= 0.3 is 0 Å². The van der Waals surface area contributed by atoms with Gasteiger partial charge in [-0.1, -0.05) is 30.3 Å². The summed E-state index contributed by atoms with van der Waals surface area (Å²) in [6.07, 6.45) is 4.35. The number of hydrogen-bond donors (Lipinski definition) is 2. The van der Waals surface area contributed by atoms with Gasteiger partial charge in [-0.05, 0) is 42.5 Å². The van der Waals surface area contributed by atoms with Gasteiger partial charge in [-0.3, -0.25) is 4.79 Å². The molecule has 2 aromatic rings. The molecule has 122 valence electrons. The molecular formula is C20H21N3O. The minimum atomic E-state index is 0.0562. The molecule has 0 radical (unpaired) electrons. The Labute approximate surface area is 141 Å². The second-order valence-corrected chi connectivity index (χ2v) is 6.71. The molecule has 1 heterocycles. The molecule has 2 aromatic carbocycles. The largest absolute Gasteiger partial charge is 0.398 e. The van der Waals surface area contributed by atoms with E-state index in [1.807, 2.05) is 4.90 Å². The molecule has 1 amide bonds. The van der Waals surface area contributed by atoms with Crippen LogP contribution in [0.5, 0.6) is 0 Å². The van der Waals surface area contributed by atoms with Crippen molar-refractivity contribution in [3.05, 3.63) is 64.7 Å². The molecule has 3 N–H and O–H groups in total. The molecular weight excluding hydrogens is 298 g/mol. The van der Waals surface area contributed by atoms with Crippen LogP contribution in [0.25, 0.3) is 0 Å². The number of fused-ring (bicyclic) bond motifs is 3. The number of amides is 1. The third-order valence-electron chi connectivity index (χ3n) is 5.41. The number of benzene rings is 2. The number of piperidine rings is 1. The number of nitrogens with two attached hydrogens (primary N) is 1. The van der Waals surface area contributed by atoms with E-state index in [9.17, 15) is 4.79 Å². The van der Waals surface area contributed by atoms with Crippen molar-refractivity contribution in [1.82, 2.24) is 4.90 Å². The Balaban J connectivity index is 1.64. The molecule has 0 aromatic heterocycles. The van der Waals surface area contributed by atoms with Crippen molar-refractivity contribution in [2.45, 2.75) is 31.2 Å². The average Bonchev–Trinajstić information content (AvgIpc) is 2.99. The molecule has 2 aliphatic rings. The number of hydrogen-bond acceptors (Lipinski definition) is 3. The Bertz CT molecular complexity index is 814. The molecule has 1 aliphatic carbocycles. The van der Waals surface area contributed by atoms with Crippen molar-refractivity contribution in [1.29, 1.82) is 5.41 Å². The predicted octanol–water partition coefficient (Wildman–Crippen LogP) is 3.21. The SMILES string of the molecule is N=Cc1ccc(C(=O)N2CCC[C@@H]3c4ccccc4C[C@@H]32)cc1N. The fourth-order valence-electron chi connectivity index (χ4n) is 4.24. The van der Waals surface area contributed by atoms with Crippen LogP contribution in [-0.2, 0) is 6.42 Å². The van der Waals surface area contributed by atoms with E-state index in [2.05, 4.69) is 24.3 Å². The summed E-state index contributed by atoms with van der Waals surface area (Å²) in [6.45, 7) is 0.806. The fourth-order valence-corrected chi connectivity index (χ4v) is 4.24. The number of carbonyl (C=O) groups excluding carboxylic acids is 1. The molecule has 4 heteroatoms. The second-order valence-electron chi connectivity index (χ2n) is 6.71. The van der Waals surface area contributed by atoms with Gasteiger partial charge in [0.15, 0.2) is 0 Å². The van der Waals surface area contributed by atoms with Gasteiger partial charge in [0.1, 0.15) is 0 Å². The number of likely N-dealkylation sites (tertiary alicyclic amines) is 1. The maximum atomic E-state index is 13.1. The highest BCUT2D eigenvalue weighted by molar-refractivity contribution is 5.97. The number of nitrogen functional groups attached to an aromatic ring is 1. The highest BCUT2D eigenvalue weighted by Crippen LogP contribution is 2.42. The Morgan fingerprint density at radius 1 is 1.25 bits per heavy atom. The lowest BCUT2D eigenvalue weighted by atomic mass is 9.88. The standard InChI is InChI=1S/C20H21N3O/c21-12-15-8-7-14(10-18(15)22)20(24)23-9-3-6-17-16-5-2-1-4-13(16)11-19(17)23/h1-2,4-5,7-8,10,12,17,19,21H,3,6,9,11,22H2/t17-,19+/m1/s1. The Morgan fingerprint density at radius 3 is 2.88 bits per heavy atom. The lowest BCUT2D eigenvalue weighted by Crippen LogP contribution is -2.46. The summed E-state index contributed by atoms with van der Waals surface area (Å²) in [5.41, 5.74) is 10.5. The number of nitrogens with zero attached hydrogens (tertiary/aromatic N) is 1. The highest BCUT2D eigenvalue weighted by atomic mass is 16.2. The highest BCUT2D eigenvalue weighted by Gasteiger charge is 2.40. The zero-order valence-corrected chi connectivity index (χ0v) is 13.5. The summed E-state index contributed by atoms with van der Waals surface area (Å²) >= 11 is 0. The number of nitrogens with one attached hydrogen (secondary N) is 1. The van der Waals surface area contributed by atoms with Gasteiger partial charge in [0.2, 0.25) is 0 Å². The third kappa shape index (κ3) is 2.30. The molecule has 24 heavy (non-hydrogen) atoms. The first-order valence-electron chi connectivity index (χ1n) is 8.48. The van der Waals surface area contributed by atoms with Crippen molar-refractivity contribution >= 4 is 17.8 Å². The summed E-state index contributed by atoms with van der Waals surface area (Å²) in [4.78, 5) is 15.1. The second kappa shape index (κ2) is 5.78. The van der Waals surface area contributed by atoms with Gasteiger partial charge in [0, 0.05) is 41.5 Å². The van der Waals surface area contributed by atoms with Crippen LogP contribution in [0.3, 0.4) is 0 Å². The lowest BCUT2D eigenvalue weighted by Gasteiger charge is -2.38. The van der Waals surface area contributed by atoms with Crippen molar-refractivity contribution in [3.8, 4) is 0 Å². The van der Waals surface area contributed by atoms with Crippen LogP contribution in [0.1, 0.15) is 45.8 Å². The average molecular weight is 319 g/mol. The normalized spacial score (nSPS) is 21.9. The van der Waals surface area contributed by atoms with E-state index in [0.717, 1.165) is 25.8 Å². The van der Waals surface area contributed by atoms with E-state index < -0.39 is 0 Å². The lowest BCUT2D eigenvalue weighted by molar-refractivity contribution is 0.0595. The van der Waals surface area contributed by atoms with Crippen molar-refractivity contribution in [2.24, 2.45) is 0 Å².